The molecule has 10 aromatic rings. The molecule has 0 saturated carbocycles. The van der Waals surface area contributed by atoms with Gasteiger partial charge < -0.3 is 0 Å². The van der Waals surface area contributed by atoms with Crippen LogP contribution in [0.15, 0.2) is 204 Å². The molecule has 56 heavy (non-hydrogen) atoms. The van der Waals surface area contributed by atoms with Gasteiger partial charge in [0.25, 0.3) is 11.1 Å². The van der Waals surface area contributed by atoms with Crippen LogP contribution in [-0.2, 0) is 13.1 Å². The summed E-state index contributed by atoms with van der Waals surface area (Å²) in [7, 11) is 0. The highest BCUT2D eigenvalue weighted by Crippen LogP contribution is 2.27. The van der Waals surface area contributed by atoms with E-state index in [0.717, 1.165) is 54.8 Å². The van der Waals surface area contributed by atoms with Crippen molar-refractivity contribution < 1.29 is 0 Å². The maximum atomic E-state index is 13.5. The van der Waals surface area contributed by atoms with Gasteiger partial charge in [0.15, 0.2) is 0 Å². The molecule has 2 aromatic heterocycles. The topological polar surface area (TPSA) is 69.8 Å². The third kappa shape index (κ3) is 6.65. The number of rotatable bonds is 6. The summed E-state index contributed by atoms with van der Waals surface area (Å²) in [5.41, 5.74) is 5.50. The molecule has 2 heterocycles. The van der Waals surface area contributed by atoms with Crippen LogP contribution < -0.4 is 11.1 Å². The van der Waals surface area contributed by atoms with Gasteiger partial charge >= 0.3 is 0 Å². The molecular formula is C50H36N4O2. The van der Waals surface area contributed by atoms with Gasteiger partial charge in [0, 0.05) is 21.9 Å². The third-order valence-corrected chi connectivity index (χ3v) is 10.1. The number of hydrogen-bond donors (Lipinski definition) is 0. The van der Waals surface area contributed by atoms with E-state index < -0.39 is 0 Å². The first-order valence-electron chi connectivity index (χ1n) is 18.7. The van der Waals surface area contributed by atoms with Crippen LogP contribution in [0.25, 0.3) is 66.1 Å². The lowest BCUT2D eigenvalue weighted by atomic mass is 10.1. The van der Waals surface area contributed by atoms with E-state index in [2.05, 4.69) is 0 Å². The largest absolute Gasteiger partial charge is 0.288 e. The van der Waals surface area contributed by atoms with E-state index in [0.29, 0.717) is 35.5 Å². The predicted molar refractivity (Wildman–Crippen MR) is 229 cm³/mol. The lowest BCUT2D eigenvalue weighted by molar-refractivity contribution is 0.760. The summed E-state index contributed by atoms with van der Waals surface area (Å²) in [5.74, 6) is 1.39. The molecule has 0 radical (unpaired) electrons. The van der Waals surface area contributed by atoms with Gasteiger partial charge in [-0.05, 0) is 34.0 Å². The molecule has 6 heteroatoms. The standard InChI is InChI=1S/2C25H18N2O/c2*28-25-22-16-15-19-11-7-8-14-21(19)23(22)26-24(20-12-5-2-6-13-20)27(25)17-18-9-3-1-4-10-18/h2*1-16H,17H2. The molecule has 0 aliphatic rings. The molecular weight excluding hydrogens is 689 g/mol. The minimum Gasteiger partial charge on any atom is -0.288 e. The van der Waals surface area contributed by atoms with Crippen LogP contribution in [0.2, 0.25) is 0 Å². The van der Waals surface area contributed by atoms with Crippen LogP contribution in [0.1, 0.15) is 11.1 Å². The molecule has 268 valence electrons. The normalized spacial score (nSPS) is 11.1. The van der Waals surface area contributed by atoms with Crippen molar-refractivity contribution in [2.24, 2.45) is 0 Å². The number of benzene rings is 8. The zero-order valence-corrected chi connectivity index (χ0v) is 30.5. The van der Waals surface area contributed by atoms with Gasteiger partial charge in [-0.25, -0.2) is 9.97 Å². The zero-order valence-electron chi connectivity index (χ0n) is 30.5. The summed E-state index contributed by atoms with van der Waals surface area (Å²) < 4.78 is 3.56. The van der Waals surface area contributed by atoms with E-state index in [1.807, 2.05) is 194 Å². The van der Waals surface area contributed by atoms with Crippen LogP contribution in [0, 0.1) is 0 Å². The Morgan fingerprint density at radius 2 is 0.679 bits per heavy atom. The first-order valence-corrected chi connectivity index (χ1v) is 18.7. The Bertz CT molecular complexity index is 2890. The summed E-state index contributed by atoms with van der Waals surface area (Å²) in [6.07, 6.45) is 0. The van der Waals surface area contributed by atoms with Gasteiger partial charge in [0.2, 0.25) is 0 Å². The average Bonchev–Trinajstić information content (AvgIpc) is 3.27. The monoisotopic (exact) mass is 724 g/mol. The van der Waals surface area contributed by atoms with E-state index in [1.165, 1.54) is 0 Å². The highest BCUT2D eigenvalue weighted by atomic mass is 16.1. The van der Waals surface area contributed by atoms with E-state index >= 15 is 0 Å². The number of nitrogens with zero attached hydrogens (tertiary/aromatic N) is 4. The lowest BCUT2D eigenvalue weighted by Crippen LogP contribution is -2.24. The third-order valence-electron chi connectivity index (χ3n) is 10.1. The van der Waals surface area contributed by atoms with Crippen molar-refractivity contribution in [1.82, 2.24) is 19.1 Å². The first-order chi connectivity index (χ1) is 27.6. The lowest BCUT2D eigenvalue weighted by Gasteiger charge is -2.15. The van der Waals surface area contributed by atoms with Crippen LogP contribution in [-0.4, -0.2) is 19.1 Å². The number of fused-ring (bicyclic) bond motifs is 6. The summed E-state index contributed by atoms with van der Waals surface area (Å²) in [5, 5.41) is 5.47. The Kier molecular flexibility index (Phi) is 9.27. The van der Waals surface area contributed by atoms with Crippen molar-refractivity contribution in [2.75, 3.05) is 0 Å². The molecule has 0 saturated heterocycles. The van der Waals surface area contributed by atoms with Crippen LogP contribution >= 0.6 is 0 Å². The van der Waals surface area contributed by atoms with Gasteiger partial charge in [0.1, 0.15) is 11.6 Å². The van der Waals surface area contributed by atoms with E-state index in [4.69, 9.17) is 9.97 Å². The van der Waals surface area contributed by atoms with Gasteiger partial charge in [0.05, 0.1) is 34.9 Å². The predicted octanol–water partition coefficient (Wildman–Crippen LogP) is 10.5. The molecule has 0 bridgehead atoms. The molecule has 0 unspecified atom stereocenters. The maximum Gasteiger partial charge on any atom is 0.261 e. The van der Waals surface area contributed by atoms with Crippen molar-refractivity contribution in [3.8, 4) is 22.8 Å². The fourth-order valence-electron chi connectivity index (χ4n) is 7.35. The Morgan fingerprint density at radius 3 is 1.07 bits per heavy atom. The van der Waals surface area contributed by atoms with Gasteiger partial charge in [-0.2, -0.15) is 0 Å². The highest BCUT2D eigenvalue weighted by molar-refractivity contribution is 6.06. The van der Waals surface area contributed by atoms with Crippen molar-refractivity contribution in [1.29, 1.82) is 0 Å². The summed E-state index contributed by atoms with van der Waals surface area (Å²) in [4.78, 5) is 37.0. The van der Waals surface area contributed by atoms with Crippen molar-refractivity contribution in [3.05, 3.63) is 226 Å². The van der Waals surface area contributed by atoms with E-state index in [-0.39, 0.29) is 11.1 Å². The Labute approximate surface area is 323 Å². The molecule has 0 amide bonds. The van der Waals surface area contributed by atoms with Crippen molar-refractivity contribution >= 4 is 43.4 Å². The van der Waals surface area contributed by atoms with Crippen molar-refractivity contribution in [3.63, 3.8) is 0 Å². The molecule has 0 atom stereocenters. The molecule has 0 fully saturated rings. The Balaban J connectivity index is 0.000000146. The molecule has 0 spiro atoms. The van der Waals surface area contributed by atoms with Gasteiger partial charge in [-0.1, -0.05) is 182 Å². The summed E-state index contributed by atoms with van der Waals surface area (Å²) in [6, 6.07) is 63.8. The number of hydrogen-bond acceptors (Lipinski definition) is 4. The molecule has 8 aromatic carbocycles. The maximum absolute atomic E-state index is 13.5. The molecule has 0 N–H and O–H groups in total. The molecule has 0 aliphatic heterocycles. The minimum atomic E-state index is -0.0153. The van der Waals surface area contributed by atoms with E-state index in [1.54, 1.807) is 9.13 Å². The fourth-order valence-corrected chi connectivity index (χ4v) is 7.35. The molecule has 0 aliphatic carbocycles. The van der Waals surface area contributed by atoms with Gasteiger partial charge in [-0.3, -0.25) is 18.7 Å². The SMILES string of the molecule is O=c1c2ccc3ccccc3c2nc(-c2ccccc2)n1Cc1ccccc1.O=c1c2ccc3ccccc3c2nc(-c2ccccc2)n1Cc1ccccc1. The van der Waals surface area contributed by atoms with E-state index in [9.17, 15) is 9.59 Å². The second kappa shape index (κ2) is 15.1. The minimum absolute atomic E-state index is 0.0153. The van der Waals surface area contributed by atoms with Crippen LogP contribution in [0.3, 0.4) is 0 Å². The second-order valence-electron chi connectivity index (χ2n) is 13.7. The smallest absolute Gasteiger partial charge is 0.261 e. The molecule has 6 nitrogen and oxygen atoms in total. The fraction of sp³-hybridized carbons (Fsp3) is 0.0400. The summed E-state index contributed by atoms with van der Waals surface area (Å²) >= 11 is 0. The molecule has 10 rings (SSSR count). The zero-order chi connectivity index (χ0) is 37.8. The Morgan fingerprint density at radius 1 is 0.339 bits per heavy atom. The average molecular weight is 725 g/mol. The highest BCUT2D eigenvalue weighted by Gasteiger charge is 2.17. The Hall–Kier alpha value is -7.44. The van der Waals surface area contributed by atoms with Crippen LogP contribution in [0.4, 0.5) is 0 Å². The quantitative estimate of drug-likeness (QED) is 0.160. The van der Waals surface area contributed by atoms with Gasteiger partial charge in [-0.15, -0.1) is 0 Å². The van der Waals surface area contributed by atoms with Crippen LogP contribution in [0.5, 0.6) is 0 Å². The first kappa shape index (κ1) is 34.3. The summed E-state index contributed by atoms with van der Waals surface area (Å²) in [6.45, 7) is 0.972. The van der Waals surface area contributed by atoms with Crippen molar-refractivity contribution in [2.45, 2.75) is 13.1 Å². The second-order valence-corrected chi connectivity index (χ2v) is 13.7. The number of aromatic nitrogens is 4.